The van der Waals surface area contributed by atoms with Crippen LogP contribution in [0.1, 0.15) is 57.3 Å². The number of thiophene rings is 1. The summed E-state index contributed by atoms with van der Waals surface area (Å²) >= 11 is 1.52. The highest BCUT2D eigenvalue weighted by atomic mass is 32.1. The van der Waals surface area contributed by atoms with Crippen molar-refractivity contribution in [3.8, 4) is 0 Å². The maximum atomic E-state index is 13.4. The van der Waals surface area contributed by atoms with Crippen molar-refractivity contribution < 1.29 is 4.79 Å². The molecule has 1 atom stereocenters. The number of hydrogen-bond donors (Lipinski definition) is 0. The standard InChI is InChI=1S/C23H28N4O2S/c1-15-2-5-19(30-15)21(29)26-9-6-18-17(13-26)20(28)27-11-8-23(22(27)24-18)7-10-25(14-23)12-16-3-4-16/h2,5,16H,3-4,6-14H2,1H3/t23-/m0/s1. The van der Waals surface area contributed by atoms with Crippen LogP contribution in [0.15, 0.2) is 16.9 Å². The first-order valence-electron chi connectivity index (χ1n) is 11.2. The molecular formula is C23H28N4O2S. The number of aryl methyl sites for hydroxylation is 1. The van der Waals surface area contributed by atoms with Crippen LogP contribution in [0, 0.1) is 12.8 Å². The fourth-order valence-electron chi connectivity index (χ4n) is 5.61. The van der Waals surface area contributed by atoms with Crippen LogP contribution in [0.5, 0.6) is 0 Å². The van der Waals surface area contributed by atoms with Crippen LogP contribution in [0.25, 0.3) is 0 Å². The molecule has 1 saturated heterocycles. The molecule has 0 radical (unpaired) electrons. The average molecular weight is 425 g/mol. The van der Waals surface area contributed by atoms with E-state index in [0.717, 1.165) is 65.2 Å². The molecule has 0 aromatic carbocycles. The zero-order valence-corrected chi connectivity index (χ0v) is 18.3. The second kappa shape index (κ2) is 6.76. The van der Waals surface area contributed by atoms with Gasteiger partial charge in [-0.15, -0.1) is 11.3 Å². The van der Waals surface area contributed by atoms with Crippen molar-refractivity contribution in [2.75, 3.05) is 26.2 Å². The van der Waals surface area contributed by atoms with Gasteiger partial charge in [-0.1, -0.05) is 0 Å². The number of carbonyl (C=O) groups is 1. The van der Waals surface area contributed by atoms with E-state index in [2.05, 4.69) is 4.90 Å². The molecule has 7 heteroatoms. The Bertz CT molecular complexity index is 1090. The van der Waals surface area contributed by atoms with Gasteiger partial charge < -0.3 is 9.80 Å². The summed E-state index contributed by atoms with van der Waals surface area (Å²) in [4.78, 5) is 37.7. The second-order valence-corrected chi connectivity index (χ2v) is 11.0. The quantitative estimate of drug-likeness (QED) is 0.760. The Morgan fingerprint density at radius 3 is 2.83 bits per heavy atom. The van der Waals surface area contributed by atoms with Crippen molar-refractivity contribution in [1.82, 2.24) is 19.4 Å². The van der Waals surface area contributed by atoms with Crippen LogP contribution in [-0.4, -0.2) is 51.4 Å². The Morgan fingerprint density at radius 2 is 2.07 bits per heavy atom. The third-order valence-electron chi connectivity index (χ3n) is 7.49. The van der Waals surface area contributed by atoms with Gasteiger partial charge in [-0.25, -0.2) is 4.98 Å². The first-order valence-corrected chi connectivity index (χ1v) is 12.1. The molecule has 6 rings (SSSR count). The smallest absolute Gasteiger partial charge is 0.264 e. The molecule has 0 unspecified atom stereocenters. The van der Waals surface area contributed by atoms with Crippen LogP contribution >= 0.6 is 11.3 Å². The van der Waals surface area contributed by atoms with Gasteiger partial charge in [0.25, 0.3) is 11.5 Å². The summed E-state index contributed by atoms with van der Waals surface area (Å²) < 4.78 is 1.93. The molecule has 1 amide bonds. The van der Waals surface area contributed by atoms with Gasteiger partial charge in [0.05, 0.1) is 22.7 Å². The van der Waals surface area contributed by atoms with Crippen LogP contribution in [0.3, 0.4) is 0 Å². The van der Waals surface area contributed by atoms with E-state index in [0.29, 0.717) is 19.5 Å². The Kier molecular flexibility index (Phi) is 4.22. The van der Waals surface area contributed by atoms with Gasteiger partial charge in [-0.2, -0.15) is 0 Å². The highest BCUT2D eigenvalue weighted by Crippen LogP contribution is 2.42. The minimum atomic E-state index is 0.0339. The van der Waals surface area contributed by atoms with E-state index >= 15 is 0 Å². The topological polar surface area (TPSA) is 58.4 Å². The molecule has 2 aromatic heterocycles. The number of amides is 1. The highest BCUT2D eigenvalue weighted by molar-refractivity contribution is 7.13. The third kappa shape index (κ3) is 2.97. The van der Waals surface area contributed by atoms with Crippen molar-refractivity contribution in [2.24, 2.45) is 5.92 Å². The van der Waals surface area contributed by atoms with E-state index in [1.807, 2.05) is 28.5 Å². The third-order valence-corrected chi connectivity index (χ3v) is 8.48. The van der Waals surface area contributed by atoms with Crippen molar-refractivity contribution in [2.45, 2.75) is 57.5 Å². The lowest BCUT2D eigenvalue weighted by atomic mass is 9.85. The predicted molar refractivity (Wildman–Crippen MR) is 116 cm³/mol. The van der Waals surface area contributed by atoms with Crippen LogP contribution < -0.4 is 5.56 Å². The van der Waals surface area contributed by atoms with E-state index in [1.165, 1.54) is 30.7 Å². The summed E-state index contributed by atoms with van der Waals surface area (Å²) in [5.74, 6) is 1.96. The number of fused-ring (bicyclic) bond motifs is 3. The van der Waals surface area contributed by atoms with E-state index < -0.39 is 0 Å². The van der Waals surface area contributed by atoms with Crippen molar-refractivity contribution in [1.29, 1.82) is 0 Å². The number of rotatable bonds is 3. The molecule has 30 heavy (non-hydrogen) atoms. The molecule has 1 aliphatic carbocycles. The Hall–Kier alpha value is -1.99. The maximum Gasteiger partial charge on any atom is 0.264 e. The summed E-state index contributed by atoms with van der Waals surface area (Å²) in [6, 6.07) is 3.87. The minimum absolute atomic E-state index is 0.0339. The Labute approximate surface area is 180 Å². The van der Waals surface area contributed by atoms with Gasteiger partial charge in [0, 0.05) is 42.9 Å². The molecule has 1 spiro atoms. The van der Waals surface area contributed by atoms with Crippen molar-refractivity contribution in [3.63, 3.8) is 0 Å². The average Bonchev–Trinajstić information content (AvgIpc) is 3.14. The number of aromatic nitrogens is 2. The molecule has 4 aliphatic rings. The van der Waals surface area contributed by atoms with E-state index in [-0.39, 0.29) is 16.9 Å². The Morgan fingerprint density at radius 1 is 1.23 bits per heavy atom. The Balaban J connectivity index is 1.28. The van der Waals surface area contributed by atoms with E-state index in [4.69, 9.17) is 4.98 Å². The van der Waals surface area contributed by atoms with Gasteiger partial charge in [0.1, 0.15) is 5.82 Å². The monoisotopic (exact) mass is 424 g/mol. The summed E-state index contributed by atoms with van der Waals surface area (Å²) in [5, 5.41) is 0. The fourth-order valence-corrected chi connectivity index (χ4v) is 6.44. The number of nitrogens with zero attached hydrogens (tertiary/aromatic N) is 4. The van der Waals surface area contributed by atoms with Gasteiger partial charge in [-0.05, 0) is 57.2 Å². The number of likely N-dealkylation sites (tertiary alicyclic amines) is 1. The normalized spacial score (nSPS) is 25.7. The summed E-state index contributed by atoms with van der Waals surface area (Å²) in [5.41, 5.74) is 1.81. The predicted octanol–water partition coefficient (Wildman–Crippen LogP) is 2.57. The zero-order valence-electron chi connectivity index (χ0n) is 17.5. The molecule has 0 bridgehead atoms. The first kappa shape index (κ1) is 18.8. The molecule has 1 saturated carbocycles. The van der Waals surface area contributed by atoms with Crippen molar-refractivity contribution in [3.05, 3.63) is 49.3 Å². The maximum absolute atomic E-state index is 13.4. The first-order chi connectivity index (χ1) is 14.5. The minimum Gasteiger partial charge on any atom is -0.333 e. The summed E-state index contributed by atoms with van der Waals surface area (Å²) in [7, 11) is 0. The van der Waals surface area contributed by atoms with Gasteiger partial charge >= 0.3 is 0 Å². The van der Waals surface area contributed by atoms with Crippen LogP contribution in [0.2, 0.25) is 0 Å². The molecule has 6 nitrogen and oxygen atoms in total. The largest absolute Gasteiger partial charge is 0.333 e. The molecule has 158 valence electrons. The second-order valence-electron chi connectivity index (χ2n) is 9.66. The zero-order chi connectivity index (χ0) is 20.5. The SMILES string of the molecule is Cc1ccc(C(=O)N2CCc3nc4n(c(=O)c3C2)CC[C@]42CCN(CC3CC3)C2)s1. The van der Waals surface area contributed by atoms with E-state index in [1.54, 1.807) is 0 Å². The molecule has 5 heterocycles. The molecule has 2 aromatic rings. The van der Waals surface area contributed by atoms with Gasteiger partial charge in [0.15, 0.2) is 0 Å². The molecular weight excluding hydrogens is 396 g/mol. The molecule has 3 aliphatic heterocycles. The summed E-state index contributed by atoms with van der Waals surface area (Å²) in [6.07, 6.45) is 5.58. The highest BCUT2D eigenvalue weighted by Gasteiger charge is 2.47. The van der Waals surface area contributed by atoms with Gasteiger partial charge in [0.2, 0.25) is 0 Å². The lowest BCUT2D eigenvalue weighted by Crippen LogP contribution is -2.42. The molecule has 2 fully saturated rings. The van der Waals surface area contributed by atoms with Crippen LogP contribution in [0.4, 0.5) is 0 Å². The lowest BCUT2D eigenvalue weighted by molar-refractivity contribution is 0.0737. The summed E-state index contributed by atoms with van der Waals surface area (Å²) in [6.45, 7) is 7.21. The van der Waals surface area contributed by atoms with Crippen molar-refractivity contribution >= 4 is 17.2 Å². The lowest BCUT2D eigenvalue weighted by Gasteiger charge is -2.29. The molecule has 0 N–H and O–H groups in total. The number of carbonyl (C=O) groups excluding carboxylic acids is 1. The fraction of sp³-hybridized carbons (Fsp3) is 0.609. The van der Waals surface area contributed by atoms with Crippen LogP contribution in [-0.2, 0) is 24.9 Å². The van der Waals surface area contributed by atoms with E-state index in [9.17, 15) is 9.59 Å². The number of hydrogen-bond acceptors (Lipinski definition) is 5. The van der Waals surface area contributed by atoms with Gasteiger partial charge in [-0.3, -0.25) is 14.2 Å².